The van der Waals surface area contributed by atoms with Crippen molar-refractivity contribution in [2.24, 2.45) is 0 Å². The molecule has 1 fully saturated rings. The van der Waals surface area contributed by atoms with Gasteiger partial charge in [0.2, 0.25) is 0 Å². The molecule has 0 spiro atoms. The molecule has 3 rings (SSSR count). The normalized spacial score (nSPS) is 15.3. The van der Waals surface area contributed by atoms with E-state index >= 15 is 0 Å². The summed E-state index contributed by atoms with van der Waals surface area (Å²) >= 11 is 5.55. The molecule has 0 amide bonds. The van der Waals surface area contributed by atoms with Crippen LogP contribution in [-0.4, -0.2) is 45.5 Å². The molecule has 6 heteroatoms. The first-order valence-corrected chi connectivity index (χ1v) is 11.2. The zero-order valence-electron chi connectivity index (χ0n) is 18.1. The van der Waals surface area contributed by atoms with Gasteiger partial charge in [-0.3, -0.25) is 0 Å². The second-order valence-corrected chi connectivity index (χ2v) is 8.19. The molecular formula is C24H34N3O2S+. The van der Waals surface area contributed by atoms with Crippen molar-refractivity contribution in [3.63, 3.8) is 0 Å². The molecule has 0 aromatic heterocycles. The lowest BCUT2D eigenvalue weighted by Gasteiger charge is -2.32. The van der Waals surface area contributed by atoms with Crippen LogP contribution < -0.4 is 25.0 Å². The van der Waals surface area contributed by atoms with Crippen LogP contribution >= 0.6 is 12.2 Å². The third kappa shape index (κ3) is 6.61. The highest BCUT2D eigenvalue weighted by Gasteiger charge is 2.26. The minimum atomic E-state index is 0.387. The summed E-state index contributed by atoms with van der Waals surface area (Å²) in [5.41, 5.74) is 2.60. The number of rotatable bonds is 9. The van der Waals surface area contributed by atoms with Gasteiger partial charge in [0.15, 0.2) is 5.11 Å². The number of likely N-dealkylation sites (tertiary alicyclic amines) is 1. The second kappa shape index (κ2) is 11.8. The van der Waals surface area contributed by atoms with Gasteiger partial charge in [-0.15, -0.1) is 0 Å². The Bertz CT molecular complexity index is 774. The third-order valence-electron chi connectivity index (χ3n) is 5.83. The SMILES string of the molecule is COc1ccc(CCNC(=S)NC[C@@H](c2ccc(OC)cc2)[NH+]2CCCCC2)cc1. The van der Waals surface area contributed by atoms with Gasteiger partial charge in [0.05, 0.1) is 33.9 Å². The smallest absolute Gasteiger partial charge is 0.166 e. The van der Waals surface area contributed by atoms with E-state index in [2.05, 4.69) is 47.0 Å². The number of ether oxygens (including phenoxy) is 2. The Hall–Kier alpha value is -2.31. The molecular weight excluding hydrogens is 394 g/mol. The highest BCUT2D eigenvalue weighted by Crippen LogP contribution is 2.16. The molecule has 0 bridgehead atoms. The van der Waals surface area contributed by atoms with Gasteiger partial charge in [0, 0.05) is 12.1 Å². The number of quaternary nitrogens is 1. The Morgan fingerprint density at radius 3 is 2.10 bits per heavy atom. The lowest BCUT2D eigenvalue weighted by atomic mass is 10.0. The number of thiocarbonyl (C=S) groups is 1. The van der Waals surface area contributed by atoms with Gasteiger partial charge in [0.25, 0.3) is 0 Å². The molecule has 2 aromatic rings. The maximum Gasteiger partial charge on any atom is 0.166 e. The molecule has 0 saturated carbocycles. The Balaban J connectivity index is 1.51. The predicted molar refractivity (Wildman–Crippen MR) is 126 cm³/mol. The number of methoxy groups -OCH3 is 2. The quantitative estimate of drug-likeness (QED) is 0.536. The van der Waals surface area contributed by atoms with Crippen LogP contribution in [0.1, 0.15) is 36.4 Å². The molecule has 1 atom stereocenters. The van der Waals surface area contributed by atoms with Gasteiger partial charge in [-0.25, -0.2) is 0 Å². The average molecular weight is 429 g/mol. The number of piperidine rings is 1. The fourth-order valence-electron chi connectivity index (χ4n) is 4.06. The Morgan fingerprint density at radius 2 is 1.50 bits per heavy atom. The minimum Gasteiger partial charge on any atom is -0.497 e. The van der Waals surface area contributed by atoms with Crippen molar-refractivity contribution in [2.45, 2.75) is 31.7 Å². The summed E-state index contributed by atoms with van der Waals surface area (Å²) in [6.45, 7) is 4.07. The van der Waals surface area contributed by atoms with E-state index in [0.29, 0.717) is 6.04 Å². The predicted octanol–water partition coefficient (Wildman–Crippen LogP) is 2.52. The van der Waals surface area contributed by atoms with Crippen LogP contribution in [-0.2, 0) is 6.42 Å². The van der Waals surface area contributed by atoms with Gasteiger partial charge in [-0.1, -0.05) is 12.1 Å². The largest absolute Gasteiger partial charge is 0.497 e. The van der Waals surface area contributed by atoms with E-state index < -0.39 is 0 Å². The van der Waals surface area contributed by atoms with Gasteiger partial charge >= 0.3 is 0 Å². The van der Waals surface area contributed by atoms with Crippen molar-refractivity contribution >= 4 is 17.3 Å². The zero-order chi connectivity index (χ0) is 21.2. The summed E-state index contributed by atoms with van der Waals surface area (Å²) in [5.74, 6) is 1.78. The van der Waals surface area contributed by atoms with Crippen LogP contribution in [0.15, 0.2) is 48.5 Å². The van der Waals surface area contributed by atoms with E-state index in [1.807, 2.05) is 12.1 Å². The van der Waals surface area contributed by atoms with Crippen LogP contribution in [0, 0.1) is 0 Å². The van der Waals surface area contributed by atoms with Crippen molar-refractivity contribution in [2.75, 3.05) is 40.4 Å². The van der Waals surface area contributed by atoms with Gasteiger partial charge in [0.1, 0.15) is 17.5 Å². The molecule has 1 aliphatic rings. The molecule has 3 N–H and O–H groups in total. The summed E-state index contributed by atoms with van der Waals surface area (Å²) < 4.78 is 10.5. The molecule has 30 heavy (non-hydrogen) atoms. The molecule has 1 heterocycles. The summed E-state index contributed by atoms with van der Waals surface area (Å²) in [4.78, 5) is 1.64. The first kappa shape index (κ1) is 22.4. The van der Waals surface area contributed by atoms with Crippen molar-refractivity contribution in [1.82, 2.24) is 10.6 Å². The first-order chi connectivity index (χ1) is 14.7. The molecule has 0 aliphatic carbocycles. The van der Waals surface area contributed by atoms with Crippen LogP contribution in [0.2, 0.25) is 0 Å². The lowest BCUT2D eigenvalue weighted by molar-refractivity contribution is -0.934. The van der Waals surface area contributed by atoms with E-state index in [4.69, 9.17) is 21.7 Å². The third-order valence-corrected chi connectivity index (χ3v) is 6.12. The Morgan fingerprint density at radius 1 is 0.900 bits per heavy atom. The monoisotopic (exact) mass is 428 g/mol. The van der Waals surface area contributed by atoms with Crippen LogP contribution in [0.25, 0.3) is 0 Å². The summed E-state index contributed by atoms with van der Waals surface area (Å²) in [6.07, 6.45) is 4.86. The number of nitrogens with one attached hydrogen (secondary N) is 3. The highest BCUT2D eigenvalue weighted by atomic mass is 32.1. The average Bonchev–Trinajstić information content (AvgIpc) is 2.81. The lowest BCUT2D eigenvalue weighted by Crippen LogP contribution is -3.13. The molecule has 2 aromatic carbocycles. The summed E-state index contributed by atoms with van der Waals surface area (Å²) in [7, 11) is 3.39. The molecule has 1 saturated heterocycles. The van der Waals surface area contributed by atoms with E-state index in [9.17, 15) is 0 Å². The standard InChI is InChI=1S/C24H33N3O2S/c1-28-21-10-6-19(7-11-21)14-15-25-24(30)26-18-23(27-16-4-3-5-17-27)20-8-12-22(29-2)13-9-20/h6-13,23H,3-5,14-18H2,1-2H3,(H2,25,26,30)/p+1/t23-/m0/s1. The van der Waals surface area contributed by atoms with Crippen molar-refractivity contribution in [3.05, 3.63) is 59.7 Å². The maximum atomic E-state index is 5.55. The fourth-order valence-corrected chi connectivity index (χ4v) is 4.24. The Labute approximate surface area is 185 Å². The number of benzene rings is 2. The van der Waals surface area contributed by atoms with E-state index in [-0.39, 0.29) is 0 Å². The number of hydrogen-bond donors (Lipinski definition) is 3. The van der Waals surface area contributed by atoms with Crippen LogP contribution in [0.5, 0.6) is 11.5 Å². The van der Waals surface area contributed by atoms with E-state index in [0.717, 1.165) is 36.1 Å². The number of hydrogen-bond acceptors (Lipinski definition) is 3. The summed E-state index contributed by atoms with van der Waals surface area (Å²) in [6, 6.07) is 17.0. The van der Waals surface area contributed by atoms with Gasteiger partial charge in [-0.2, -0.15) is 0 Å². The second-order valence-electron chi connectivity index (χ2n) is 7.78. The minimum absolute atomic E-state index is 0.387. The van der Waals surface area contributed by atoms with E-state index in [1.165, 1.54) is 43.5 Å². The summed E-state index contributed by atoms with van der Waals surface area (Å²) in [5, 5.41) is 7.53. The topological polar surface area (TPSA) is 47.0 Å². The maximum absolute atomic E-state index is 5.55. The Kier molecular flexibility index (Phi) is 8.78. The van der Waals surface area contributed by atoms with Crippen molar-refractivity contribution in [1.29, 1.82) is 0 Å². The molecule has 162 valence electrons. The fraction of sp³-hybridized carbons (Fsp3) is 0.458. The van der Waals surface area contributed by atoms with Crippen molar-refractivity contribution < 1.29 is 14.4 Å². The molecule has 0 unspecified atom stereocenters. The molecule has 5 nitrogen and oxygen atoms in total. The van der Waals surface area contributed by atoms with Gasteiger partial charge in [-0.05, 0) is 79.9 Å². The van der Waals surface area contributed by atoms with Crippen LogP contribution in [0.4, 0.5) is 0 Å². The van der Waals surface area contributed by atoms with Gasteiger partial charge < -0.3 is 25.0 Å². The van der Waals surface area contributed by atoms with Crippen LogP contribution in [0.3, 0.4) is 0 Å². The van der Waals surface area contributed by atoms with Crippen molar-refractivity contribution in [3.8, 4) is 11.5 Å². The van der Waals surface area contributed by atoms with E-state index in [1.54, 1.807) is 19.1 Å². The zero-order valence-corrected chi connectivity index (χ0v) is 18.9. The molecule has 0 radical (unpaired) electrons. The highest BCUT2D eigenvalue weighted by molar-refractivity contribution is 7.80. The first-order valence-electron chi connectivity index (χ1n) is 10.8. The molecule has 1 aliphatic heterocycles.